The molecule has 3 aromatic rings. The van der Waals surface area contributed by atoms with Gasteiger partial charge in [-0.1, -0.05) is 41.9 Å². The third-order valence-corrected chi connectivity index (χ3v) is 3.35. The van der Waals surface area contributed by atoms with Crippen molar-refractivity contribution in [3.8, 4) is 0 Å². The molecule has 0 saturated heterocycles. The highest BCUT2D eigenvalue weighted by molar-refractivity contribution is 6.29. The van der Waals surface area contributed by atoms with Crippen LogP contribution in [0.2, 0.25) is 5.15 Å². The molecular formula is C14H12ClN3. The number of aromatic nitrogens is 3. The minimum atomic E-state index is 0.640. The second-order valence-electron chi connectivity index (χ2n) is 4.26. The van der Waals surface area contributed by atoms with E-state index in [1.54, 1.807) is 0 Å². The predicted octanol–water partition coefficient (Wildman–Crippen LogP) is 3.28. The Hall–Kier alpha value is -1.87. The van der Waals surface area contributed by atoms with Crippen LogP contribution in [0.15, 0.2) is 42.5 Å². The van der Waals surface area contributed by atoms with Crippen LogP contribution in [0.4, 0.5) is 0 Å². The van der Waals surface area contributed by atoms with Gasteiger partial charge in [0.05, 0.1) is 0 Å². The number of benzene rings is 1. The van der Waals surface area contributed by atoms with Crippen molar-refractivity contribution in [3.05, 3.63) is 64.6 Å². The lowest BCUT2D eigenvalue weighted by atomic mass is 10.1. The molecule has 0 N–H and O–H groups in total. The van der Waals surface area contributed by atoms with Gasteiger partial charge in [0, 0.05) is 6.42 Å². The minimum Gasteiger partial charge on any atom is -0.269 e. The van der Waals surface area contributed by atoms with Gasteiger partial charge < -0.3 is 0 Å². The standard InChI is InChI=1S/C14H12ClN3/c1-10-5-2-3-6-11(10)9-14-17-16-13-8-4-7-12(15)18(13)14/h2-8H,9H2,1H3. The normalized spacial score (nSPS) is 11.0. The molecule has 2 heterocycles. The van der Waals surface area contributed by atoms with E-state index in [9.17, 15) is 0 Å². The number of fused-ring (bicyclic) bond motifs is 1. The number of aryl methyl sites for hydroxylation is 1. The Kier molecular flexibility index (Phi) is 2.76. The van der Waals surface area contributed by atoms with Gasteiger partial charge in [0.1, 0.15) is 11.0 Å². The molecule has 0 bridgehead atoms. The fourth-order valence-corrected chi connectivity index (χ4v) is 2.31. The summed E-state index contributed by atoms with van der Waals surface area (Å²) in [6, 6.07) is 13.9. The second-order valence-corrected chi connectivity index (χ2v) is 4.65. The summed E-state index contributed by atoms with van der Waals surface area (Å²) in [5, 5.41) is 8.99. The lowest BCUT2D eigenvalue weighted by molar-refractivity contribution is 0.929. The van der Waals surface area contributed by atoms with Crippen LogP contribution >= 0.6 is 11.6 Å². The summed E-state index contributed by atoms with van der Waals surface area (Å²) in [6.07, 6.45) is 0.734. The van der Waals surface area contributed by atoms with E-state index < -0.39 is 0 Å². The number of hydrogen-bond donors (Lipinski definition) is 0. The highest BCUT2D eigenvalue weighted by Gasteiger charge is 2.09. The fraction of sp³-hybridized carbons (Fsp3) is 0.143. The average Bonchev–Trinajstić information content (AvgIpc) is 2.77. The van der Waals surface area contributed by atoms with Gasteiger partial charge in [-0.25, -0.2) is 0 Å². The van der Waals surface area contributed by atoms with Crippen LogP contribution < -0.4 is 0 Å². The lowest BCUT2D eigenvalue weighted by Gasteiger charge is -2.05. The molecule has 0 amide bonds. The number of halogens is 1. The Labute approximate surface area is 110 Å². The topological polar surface area (TPSA) is 30.2 Å². The first-order valence-corrected chi connectivity index (χ1v) is 6.16. The molecule has 2 aromatic heterocycles. The number of pyridine rings is 1. The van der Waals surface area contributed by atoms with Gasteiger partial charge in [-0.15, -0.1) is 10.2 Å². The van der Waals surface area contributed by atoms with Gasteiger partial charge in [-0.3, -0.25) is 4.40 Å². The fourth-order valence-electron chi connectivity index (χ4n) is 2.05. The van der Waals surface area contributed by atoms with Gasteiger partial charge in [0.15, 0.2) is 5.65 Å². The van der Waals surface area contributed by atoms with Crippen LogP contribution in [0.3, 0.4) is 0 Å². The van der Waals surface area contributed by atoms with Gasteiger partial charge in [0.2, 0.25) is 0 Å². The van der Waals surface area contributed by atoms with Crippen LogP contribution in [0.25, 0.3) is 5.65 Å². The largest absolute Gasteiger partial charge is 0.269 e. The van der Waals surface area contributed by atoms with Crippen molar-refractivity contribution in [1.82, 2.24) is 14.6 Å². The van der Waals surface area contributed by atoms with Gasteiger partial charge in [-0.05, 0) is 30.2 Å². The maximum absolute atomic E-state index is 6.19. The van der Waals surface area contributed by atoms with E-state index in [1.165, 1.54) is 11.1 Å². The monoisotopic (exact) mass is 257 g/mol. The second kappa shape index (κ2) is 4.42. The summed E-state index contributed by atoms with van der Waals surface area (Å²) in [5.74, 6) is 0.866. The summed E-state index contributed by atoms with van der Waals surface area (Å²) < 4.78 is 1.88. The van der Waals surface area contributed by atoms with Crippen molar-refractivity contribution >= 4 is 17.2 Å². The van der Waals surface area contributed by atoms with Crippen molar-refractivity contribution in [2.24, 2.45) is 0 Å². The summed E-state index contributed by atoms with van der Waals surface area (Å²) in [6.45, 7) is 2.10. The zero-order chi connectivity index (χ0) is 12.5. The summed E-state index contributed by atoms with van der Waals surface area (Å²) >= 11 is 6.19. The maximum Gasteiger partial charge on any atom is 0.161 e. The summed E-state index contributed by atoms with van der Waals surface area (Å²) in [5.41, 5.74) is 3.28. The highest BCUT2D eigenvalue weighted by atomic mass is 35.5. The Morgan fingerprint density at radius 1 is 1.06 bits per heavy atom. The van der Waals surface area contributed by atoms with Crippen LogP contribution in [-0.4, -0.2) is 14.6 Å². The van der Waals surface area contributed by atoms with Gasteiger partial charge in [-0.2, -0.15) is 0 Å². The van der Waals surface area contributed by atoms with Gasteiger partial charge >= 0.3 is 0 Å². The number of rotatable bonds is 2. The SMILES string of the molecule is Cc1ccccc1Cc1nnc2cccc(Cl)n12. The van der Waals surface area contributed by atoms with Crippen molar-refractivity contribution in [3.63, 3.8) is 0 Å². The first-order valence-electron chi connectivity index (χ1n) is 5.79. The Morgan fingerprint density at radius 2 is 1.89 bits per heavy atom. The molecule has 0 aliphatic rings. The lowest BCUT2D eigenvalue weighted by Crippen LogP contribution is -1.99. The van der Waals surface area contributed by atoms with E-state index in [2.05, 4.69) is 29.3 Å². The molecule has 0 saturated carbocycles. The Morgan fingerprint density at radius 3 is 2.72 bits per heavy atom. The van der Waals surface area contributed by atoms with Crippen molar-refractivity contribution in [2.45, 2.75) is 13.3 Å². The smallest absolute Gasteiger partial charge is 0.161 e. The molecule has 0 spiro atoms. The molecule has 0 unspecified atom stereocenters. The average molecular weight is 258 g/mol. The van der Waals surface area contributed by atoms with Crippen molar-refractivity contribution < 1.29 is 0 Å². The highest BCUT2D eigenvalue weighted by Crippen LogP contribution is 2.17. The molecule has 1 aromatic carbocycles. The quantitative estimate of drug-likeness (QED) is 0.660. The molecule has 0 aliphatic heterocycles. The van der Waals surface area contributed by atoms with E-state index in [-0.39, 0.29) is 0 Å². The van der Waals surface area contributed by atoms with E-state index >= 15 is 0 Å². The van der Waals surface area contributed by atoms with Crippen molar-refractivity contribution in [2.75, 3.05) is 0 Å². The molecule has 3 rings (SSSR count). The van der Waals surface area contributed by atoms with Crippen molar-refractivity contribution in [1.29, 1.82) is 0 Å². The molecule has 3 nitrogen and oxygen atoms in total. The molecular weight excluding hydrogens is 246 g/mol. The summed E-state index contributed by atoms with van der Waals surface area (Å²) in [7, 11) is 0. The minimum absolute atomic E-state index is 0.640. The third-order valence-electron chi connectivity index (χ3n) is 3.06. The van der Waals surface area contributed by atoms with E-state index in [0.29, 0.717) is 5.15 Å². The molecule has 0 atom stereocenters. The zero-order valence-electron chi connectivity index (χ0n) is 9.97. The van der Waals surface area contributed by atoms with Crippen LogP contribution in [-0.2, 0) is 6.42 Å². The number of hydrogen-bond acceptors (Lipinski definition) is 2. The van der Waals surface area contributed by atoms with Crippen LogP contribution in [0.5, 0.6) is 0 Å². The Balaban J connectivity index is 2.09. The number of nitrogens with zero attached hydrogens (tertiary/aromatic N) is 3. The van der Waals surface area contributed by atoms with E-state index in [4.69, 9.17) is 11.6 Å². The van der Waals surface area contributed by atoms with Gasteiger partial charge in [0.25, 0.3) is 0 Å². The third kappa shape index (κ3) is 1.87. The first-order chi connectivity index (χ1) is 8.75. The molecule has 18 heavy (non-hydrogen) atoms. The Bertz CT molecular complexity index is 703. The molecule has 0 aliphatic carbocycles. The first kappa shape index (κ1) is 11.2. The van der Waals surface area contributed by atoms with E-state index in [1.807, 2.05) is 34.7 Å². The van der Waals surface area contributed by atoms with Crippen LogP contribution in [0, 0.1) is 6.92 Å². The zero-order valence-corrected chi connectivity index (χ0v) is 10.7. The summed E-state index contributed by atoms with van der Waals surface area (Å²) in [4.78, 5) is 0. The molecule has 90 valence electrons. The predicted molar refractivity (Wildman–Crippen MR) is 72.0 cm³/mol. The maximum atomic E-state index is 6.19. The molecule has 0 radical (unpaired) electrons. The van der Waals surface area contributed by atoms with Crippen LogP contribution in [0.1, 0.15) is 17.0 Å². The molecule has 0 fully saturated rings. The van der Waals surface area contributed by atoms with E-state index in [0.717, 1.165) is 17.9 Å². The molecule has 4 heteroatoms.